The minimum Gasteiger partial charge on any atom is -0.481 e. The number of halogens is 1. The number of rotatable bonds is 11. The molecule has 1 aromatic rings. The lowest BCUT2D eigenvalue weighted by molar-refractivity contribution is -0.142. The van der Waals surface area contributed by atoms with E-state index in [-0.39, 0.29) is 12.2 Å². The van der Waals surface area contributed by atoms with Crippen LogP contribution in [0.25, 0.3) is 0 Å². The number of aliphatic carboxylic acids is 1. The molecule has 3 heteroatoms. The lowest BCUT2D eigenvalue weighted by atomic mass is 9.93. The molecule has 0 aromatic heterocycles. The van der Waals surface area contributed by atoms with Gasteiger partial charge in [0.1, 0.15) is 5.82 Å². The van der Waals surface area contributed by atoms with Crippen molar-refractivity contribution in [2.75, 3.05) is 0 Å². The molecule has 0 aliphatic heterocycles. The average Bonchev–Trinajstić information content (AvgIpc) is 2.46. The second-order valence-electron chi connectivity index (χ2n) is 5.74. The highest BCUT2D eigenvalue weighted by atomic mass is 19.1. The average molecular weight is 294 g/mol. The van der Waals surface area contributed by atoms with E-state index in [2.05, 4.69) is 6.92 Å². The van der Waals surface area contributed by atoms with E-state index in [0.717, 1.165) is 12.8 Å². The van der Waals surface area contributed by atoms with Crippen LogP contribution in [-0.4, -0.2) is 11.1 Å². The Kier molecular flexibility index (Phi) is 8.72. The SMILES string of the molecule is CCCCCCCCCC(Cc1ccccc1F)C(=O)O. The van der Waals surface area contributed by atoms with E-state index in [9.17, 15) is 14.3 Å². The van der Waals surface area contributed by atoms with Crippen LogP contribution in [0.4, 0.5) is 4.39 Å². The van der Waals surface area contributed by atoms with E-state index in [4.69, 9.17) is 0 Å². The van der Waals surface area contributed by atoms with E-state index in [0.29, 0.717) is 12.0 Å². The van der Waals surface area contributed by atoms with Crippen LogP contribution in [0.5, 0.6) is 0 Å². The fourth-order valence-electron chi connectivity index (χ4n) is 2.59. The molecule has 0 bridgehead atoms. The topological polar surface area (TPSA) is 37.3 Å². The normalized spacial score (nSPS) is 12.3. The maximum atomic E-state index is 13.6. The number of hydrogen-bond donors (Lipinski definition) is 1. The molecule has 0 spiro atoms. The van der Waals surface area contributed by atoms with Gasteiger partial charge in [0.2, 0.25) is 0 Å². The smallest absolute Gasteiger partial charge is 0.306 e. The van der Waals surface area contributed by atoms with Gasteiger partial charge in [0.05, 0.1) is 5.92 Å². The van der Waals surface area contributed by atoms with Crippen molar-refractivity contribution >= 4 is 5.97 Å². The van der Waals surface area contributed by atoms with Gasteiger partial charge in [0.25, 0.3) is 0 Å². The first-order valence-electron chi connectivity index (χ1n) is 8.11. The molecule has 0 heterocycles. The Morgan fingerprint density at radius 1 is 1.10 bits per heavy atom. The van der Waals surface area contributed by atoms with E-state index in [1.165, 1.54) is 38.2 Å². The molecule has 1 atom stereocenters. The minimum absolute atomic E-state index is 0.290. The van der Waals surface area contributed by atoms with Gasteiger partial charge in [-0.05, 0) is 24.5 Å². The predicted octanol–water partition coefficient (Wildman–Crippen LogP) is 5.21. The van der Waals surface area contributed by atoms with Gasteiger partial charge in [-0.1, -0.05) is 70.1 Å². The van der Waals surface area contributed by atoms with Crippen LogP contribution in [-0.2, 0) is 11.2 Å². The quantitative estimate of drug-likeness (QED) is 0.569. The molecule has 1 aromatic carbocycles. The summed E-state index contributed by atoms with van der Waals surface area (Å²) in [4.78, 5) is 11.3. The first-order chi connectivity index (χ1) is 10.1. The number of unbranched alkanes of at least 4 members (excludes halogenated alkanes) is 6. The van der Waals surface area contributed by atoms with Crippen LogP contribution in [0.3, 0.4) is 0 Å². The summed E-state index contributed by atoms with van der Waals surface area (Å²) >= 11 is 0. The highest BCUT2D eigenvalue weighted by molar-refractivity contribution is 5.70. The molecule has 0 aliphatic carbocycles. The van der Waals surface area contributed by atoms with Crippen LogP contribution in [0, 0.1) is 11.7 Å². The summed E-state index contributed by atoms with van der Waals surface area (Å²) in [6.45, 7) is 2.19. The van der Waals surface area contributed by atoms with E-state index >= 15 is 0 Å². The summed E-state index contributed by atoms with van der Waals surface area (Å²) in [5.74, 6) is -1.59. The zero-order chi connectivity index (χ0) is 15.5. The lowest BCUT2D eigenvalue weighted by Crippen LogP contribution is -2.17. The first-order valence-corrected chi connectivity index (χ1v) is 8.11. The van der Waals surface area contributed by atoms with Gasteiger partial charge < -0.3 is 5.11 Å². The van der Waals surface area contributed by atoms with Gasteiger partial charge in [0.15, 0.2) is 0 Å². The van der Waals surface area contributed by atoms with Crippen LogP contribution in [0.2, 0.25) is 0 Å². The molecule has 1 rings (SSSR count). The van der Waals surface area contributed by atoms with E-state index < -0.39 is 11.9 Å². The van der Waals surface area contributed by atoms with E-state index in [1.54, 1.807) is 18.2 Å². The van der Waals surface area contributed by atoms with Crippen molar-refractivity contribution in [3.05, 3.63) is 35.6 Å². The molecule has 0 fully saturated rings. The highest BCUT2D eigenvalue weighted by Crippen LogP contribution is 2.19. The number of benzene rings is 1. The summed E-state index contributed by atoms with van der Waals surface area (Å²) in [5.41, 5.74) is 0.507. The fourth-order valence-corrected chi connectivity index (χ4v) is 2.59. The van der Waals surface area contributed by atoms with Crippen LogP contribution < -0.4 is 0 Å². The Bertz CT molecular complexity index is 417. The minimum atomic E-state index is -0.816. The van der Waals surface area contributed by atoms with Crippen molar-refractivity contribution in [3.8, 4) is 0 Å². The highest BCUT2D eigenvalue weighted by Gasteiger charge is 2.19. The lowest BCUT2D eigenvalue weighted by Gasteiger charge is -2.12. The van der Waals surface area contributed by atoms with Crippen molar-refractivity contribution in [2.24, 2.45) is 5.92 Å². The van der Waals surface area contributed by atoms with Gasteiger partial charge in [0, 0.05) is 0 Å². The molecule has 1 N–H and O–H groups in total. The van der Waals surface area contributed by atoms with Gasteiger partial charge in [-0.25, -0.2) is 4.39 Å². The number of hydrogen-bond acceptors (Lipinski definition) is 1. The summed E-state index contributed by atoms with van der Waals surface area (Å²) in [6, 6.07) is 6.45. The molecule has 0 amide bonds. The van der Waals surface area contributed by atoms with Gasteiger partial charge in [-0.15, -0.1) is 0 Å². The van der Waals surface area contributed by atoms with Gasteiger partial charge in [-0.2, -0.15) is 0 Å². The Balaban J connectivity index is 2.31. The van der Waals surface area contributed by atoms with Crippen LogP contribution >= 0.6 is 0 Å². The Morgan fingerprint density at radius 2 is 1.71 bits per heavy atom. The van der Waals surface area contributed by atoms with Gasteiger partial charge >= 0.3 is 5.97 Å². The second kappa shape index (κ2) is 10.4. The third-order valence-electron chi connectivity index (χ3n) is 3.93. The van der Waals surface area contributed by atoms with Crippen LogP contribution in [0.15, 0.2) is 24.3 Å². The van der Waals surface area contributed by atoms with Crippen molar-refractivity contribution in [3.63, 3.8) is 0 Å². The fraction of sp³-hybridized carbons (Fsp3) is 0.611. The zero-order valence-electron chi connectivity index (χ0n) is 13.0. The molecule has 1 unspecified atom stereocenters. The molecule has 0 aliphatic rings. The molecule has 0 saturated heterocycles. The Morgan fingerprint density at radius 3 is 2.33 bits per heavy atom. The number of carboxylic acids is 1. The van der Waals surface area contributed by atoms with Crippen molar-refractivity contribution in [1.29, 1.82) is 0 Å². The standard InChI is InChI=1S/C18H27FO2/c1-2-3-4-5-6-7-8-12-16(18(20)21)14-15-11-9-10-13-17(15)19/h9-11,13,16H,2-8,12,14H2,1H3,(H,20,21). The van der Waals surface area contributed by atoms with Gasteiger partial charge in [-0.3, -0.25) is 4.79 Å². The number of carboxylic acid groups (broad SMARTS) is 1. The molecular formula is C18H27FO2. The maximum absolute atomic E-state index is 13.6. The summed E-state index contributed by atoms with van der Waals surface area (Å²) in [6.07, 6.45) is 9.12. The molecule has 118 valence electrons. The predicted molar refractivity (Wildman–Crippen MR) is 83.8 cm³/mol. The third-order valence-corrected chi connectivity index (χ3v) is 3.93. The second-order valence-corrected chi connectivity index (χ2v) is 5.74. The number of carbonyl (C=O) groups is 1. The molecule has 0 saturated carbocycles. The molecule has 2 nitrogen and oxygen atoms in total. The largest absolute Gasteiger partial charge is 0.481 e. The zero-order valence-corrected chi connectivity index (χ0v) is 13.0. The Labute approximate surface area is 127 Å². The summed E-state index contributed by atoms with van der Waals surface area (Å²) in [7, 11) is 0. The third kappa shape index (κ3) is 7.26. The molecular weight excluding hydrogens is 267 g/mol. The first kappa shape index (κ1) is 17.7. The summed E-state index contributed by atoms with van der Waals surface area (Å²) in [5, 5.41) is 9.28. The monoisotopic (exact) mass is 294 g/mol. The maximum Gasteiger partial charge on any atom is 0.306 e. The van der Waals surface area contributed by atoms with Crippen molar-refractivity contribution < 1.29 is 14.3 Å². The molecule has 0 radical (unpaired) electrons. The molecule has 21 heavy (non-hydrogen) atoms. The van der Waals surface area contributed by atoms with Crippen molar-refractivity contribution in [2.45, 2.75) is 64.7 Å². The van der Waals surface area contributed by atoms with Crippen molar-refractivity contribution in [1.82, 2.24) is 0 Å². The van der Waals surface area contributed by atoms with E-state index in [1.807, 2.05) is 0 Å². The summed E-state index contributed by atoms with van der Waals surface area (Å²) < 4.78 is 13.6. The Hall–Kier alpha value is -1.38. The van der Waals surface area contributed by atoms with Crippen LogP contribution in [0.1, 0.15) is 63.9 Å².